The summed E-state index contributed by atoms with van der Waals surface area (Å²) in [4.78, 5) is 22.7. The lowest BCUT2D eigenvalue weighted by Gasteiger charge is -2.27. The lowest BCUT2D eigenvalue weighted by Crippen LogP contribution is -2.45. The van der Waals surface area contributed by atoms with Crippen molar-refractivity contribution in [3.05, 3.63) is 0 Å². The van der Waals surface area contributed by atoms with Crippen LogP contribution in [0.1, 0.15) is 51.4 Å². The van der Waals surface area contributed by atoms with E-state index in [1.807, 2.05) is 0 Å². The number of aliphatic carboxylic acids is 1. The quantitative estimate of drug-likeness (QED) is 0.730. The van der Waals surface area contributed by atoms with Gasteiger partial charge in [-0.3, -0.25) is 4.79 Å². The van der Waals surface area contributed by atoms with Crippen molar-refractivity contribution in [3.63, 3.8) is 0 Å². The summed E-state index contributed by atoms with van der Waals surface area (Å²) in [6, 6.07) is -0.124. The highest BCUT2D eigenvalue weighted by molar-refractivity contribution is 5.74. The Hall–Kier alpha value is -1.26. The van der Waals surface area contributed by atoms with Crippen molar-refractivity contribution < 1.29 is 14.7 Å². The van der Waals surface area contributed by atoms with E-state index in [-0.39, 0.29) is 18.0 Å². The van der Waals surface area contributed by atoms with Crippen LogP contribution < -0.4 is 10.6 Å². The van der Waals surface area contributed by atoms with Crippen LogP contribution in [0.4, 0.5) is 4.79 Å². The van der Waals surface area contributed by atoms with E-state index in [2.05, 4.69) is 10.6 Å². The third-order valence-corrected chi connectivity index (χ3v) is 4.38. The minimum Gasteiger partial charge on any atom is -0.481 e. The molecule has 2 amide bonds. The monoisotopic (exact) mass is 268 g/mol. The zero-order valence-corrected chi connectivity index (χ0v) is 11.4. The summed E-state index contributed by atoms with van der Waals surface area (Å²) in [7, 11) is 0. The molecule has 0 aromatic rings. The Balaban J connectivity index is 1.67. The molecule has 0 heterocycles. The molecule has 0 saturated heterocycles. The molecule has 2 saturated carbocycles. The van der Waals surface area contributed by atoms with E-state index in [0.29, 0.717) is 12.3 Å². The molecule has 2 atom stereocenters. The fraction of sp³-hybridized carbons (Fsp3) is 0.857. The van der Waals surface area contributed by atoms with Gasteiger partial charge in [-0.1, -0.05) is 19.3 Å². The van der Waals surface area contributed by atoms with Crippen LogP contribution in [0.15, 0.2) is 0 Å². The number of hydrogen-bond acceptors (Lipinski definition) is 2. The van der Waals surface area contributed by atoms with Gasteiger partial charge in [0.2, 0.25) is 0 Å². The highest BCUT2D eigenvalue weighted by Gasteiger charge is 2.27. The molecule has 5 nitrogen and oxygen atoms in total. The van der Waals surface area contributed by atoms with Crippen LogP contribution in [0.25, 0.3) is 0 Å². The van der Waals surface area contributed by atoms with E-state index >= 15 is 0 Å². The molecule has 3 N–H and O–H groups in total. The van der Waals surface area contributed by atoms with Crippen molar-refractivity contribution in [3.8, 4) is 0 Å². The maximum absolute atomic E-state index is 11.8. The summed E-state index contributed by atoms with van der Waals surface area (Å²) in [6.45, 7) is 0.751. The molecule has 5 heteroatoms. The van der Waals surface area contributed by atoms with Crippen molar-refractivity contribution >= 4 is 12.0 Å². The molecule has 108 valence electrons. The van der Waals surface area contributed by atoms with Crippen LogP contribution in [0, 0.1) is 11.8 Å². The van der Waals surface area contributed by atoms with Crippen molar-refractivity contribution in [1.82, 2.24) is 10.6 Å². The zero-order valence-electron chi connectivity index (χ0n) is 11.4. The van der Waals surface area contributed by atoms with E-state index in [4.69, 9.17) is 5.11 Å². The Labute approximate surface area is 114 Å². The molecular weight excluding hydrogens is 244 g/mol. The molecule has 19 heavy (non-hydrogen) atoms. The Bertz CT molecular complexity index is 327. The van der Waals surface area contributed by atoms with E-state index in [1.165, 1.54) is 25.7 Å². The maximum Gasteiger partial charge on any atom is 0.315 e. The van der Waals surface area contributed by atoms with Crippen LogP contribution >= 0.6 is 0 Å². The van der Waals surface area contributed by atoms with Gasteiger partial charge in [-0.25, -0.2) is 4.79 Å². The Morgan fingerprint density at radius 3 is 2.47 bits per heavy atom. The molecule has 0 aliphatic heterocycles. The first kappa shape index (κ1) is 14.2. The summed E-state index contributed by atoms with van der Waals surface area (Å²) in [5, 5.41) is 14.8. The number of amides is 2. The molecule has 2 unspecified atom stereocenters. The van der Waals surface area contributed by atoms with E-state index in [0.717, 1.165) is 25.8 Å². The van der Waals surface area contributed by atoms with Gasteiger partial charge in [0.15, 0.2) is 0 Å². The number of carbonyl (C=O) groups excluding carboxylic acids is 1. The number of hydrogen-bond donors (Lipinski definition) is 3. The first-order chi connectivity index (χ1) is 9.15. The number of nitrogens with one attached hydrogen (secondary N) is 2. The Morgan fingerprint density at radius 1 is 1.05 bits per heavy atom. The van der Waals surface area contributed by atoms with Gasteiger partial charge in [0.25, 0.3) is 0 Å². The fourth-order valence-corrected chi connectivity index (χ4v) is 3.23. The van der Waals surface area contributed by atoms with Crippen LogP contribution in [0.5, 0.6) is 0 Å². The largest absolute Gasteiger partial charge is 0.481 e. The smallest absolute Gasteiger partial charge is 0.315 e. The van der Waals surface area contributed by atoms with E-state index in [9.17, 15) is 9.59 Å². The molecule has 0 spiro atoms. The number of carbonyl (C=O) groups is 2. The molecule has 2 fully saturated rings. The third kappa shape index (κ3) is 4.40. The van der Waals surface area contributed by atoms with Crippen molar-refractivity contribution in [2.45, 2.75) is 57.4 Å². The Morgan fingerprint density at radius 2 is 1.79 bits per heavy atom. The van der Waals surface area contributed by atoms with Crippen LogP contribution in [0.2, 0.25) is 0 Å². The molecule has 2 rings (SSSR count). The minimum absolute atomic E-state index is 0.0124. The highest BCUT2D eigenvalue weighted by atomic mass is 16.4. The van der Waals surface area contributed by atoms with Gasteiger partial charge in [-0.05, 0) is 38.0 Å². The normalized spacial score (nSPS) is 28.0. The zero-order chi connectivity index (χ0) is 13.7. The SMILES string of the molecule is O=C(NCC1CCCC1)NC1CCCC(C(=O)O)C1. The first-order valence-corrected chi connectivity index (χ1v) is 7.42. The molecule has 0 aromatic carbocycles. The van der Waals surface area contributed by atoms with Gasteiger partial charge in [-0.15, -0.1) is 0 Å². The van der Waals surface area contributed by atoms with Gasteiger partial charge in [-0.2, -0.15) is 0 Å². The summed E-state index contributed by atoms with van der Waals surface area (Å²) >= 11 is 0. The lowest BCUT2D eigenvalue weighted by atomic mass is 9.86. The second-order valence-electron chi connectivity index (χ2n) is 5.90. The Kier molecular flexibility index (Phi) is 5.05. The predicted molar refractivity (Wildman–Crippen MR) is 71.9 cm³/mol. The number of urea groups is 1. The molecule has 0 radical (unpaired) electrons. The van der Waals surface area contributed by atoms with Crippen LogP contribution in [-0.2, 0) is 4.79 Å². The topological polar surface area (TPSA) is 78.4 Å². The van der Waals surface area contributed by atoms with E-state index < -0.39 is 5.97 Å². The average molecular weight is 268 g/mol. The molecular formula is C14H24N2O3. The van der Waals surface area contributed by atoms with E-state index in [1.54, 1.807) is 0 Å². The third-order valence-electron chi connectivity index (χ3n) is 4.38. The summed E-state index contributed by atoms with van der Waals surface area (Å²) in [5.74, 6) is -0.407. The molecule has 2 aliphatic carbocycles. The van der Waals surface area contributed by atoms with Crippen molar-refractivity contribution in [2.24, 2.45) is 11.8 Å². The average Bonchev–Trinajstić information content (AvgIpc) is 2.90. The number of carboxylic acid groups (broad SMARTS) is 1. The van der Waals surface area contributed by atoms with Crippen molar-refractivity contribution in [1.29, 1.82) is 0 Å². The second-order valence-corrected chi connectivity index (χ2v) is 5.90. The van der Waals surface area contributed by atoms with Gasteiger partial charge in [0.1, 0.15) is 0 Å². The first-order valence-electron chi connectivity index (χ1n) is 7.42. The van der Waals surface area contributed by atoms with Gasteiger partial charge in [0, 0.05) is 12.6 Å². The minimum atomic E-state index is -0.738. The van der Waals surface area contributed by atoms with Crippen LogP contribution in [-0.4, -0.2) is 29.7 Å². The number of rotatable bonds is 4. The highest BCUT2D eigenvalue weighted by Crippen LogP contribution is 2.25. The summed E-state index contributed by atoms with van der Waals surface area (Å²) in [6.07, 6.45) is 8.04. The van der Waals surface area contributed by atoms with Crippen LogP contribution in [0.3, 0.4) is 0 Å². The standard InChI is InChI=1S/C14H24N2O3/c17-13(18)11-6-3-7-12(8-11)16-14(19)15-9-10-4-1-2-5-10/h10-12H,1-9H2,(H,17,18)(H2,15,16,19). The molecule has 0 aromatic heterocycles. The molecule has 2 aliphatic rings. The predicted octanol–water partition coefficient (Wildman–Crippen LogP) is 2.12. The summed E-state index contributed by atoms with van der Waals surface area (Å²) < 4.78 is 0. The second kappa shape index (κ2) is 6.78. The lowest BCUT2D eigenvalue weighted by molar-refractivity contribution is -0.143. The van der Waals surface area contributed by atoms with Crippen molar-refractivity contribution in [2.75, 3.05) is 6.54 Å². The number of carboxylic acids is 1. The fourth-order valence-electron chi connectivity index (χ4n) is 3.23. The maximum atomic E-state index is 11.8. The van der Waals surface area contributed by atoms with Gasteiger partial charge >= 0.3 is 12.0 Å². The summed E-state index contributed by atoms with van der Waals surface area (Å²) in [5.41, 5.74) is 0. The van der Waals surface area contributed by atoms with Gasteiger partial charge < -0.3 is 15.7 Å². The van der Waals surface area contributed by atoms with Gasteiger partial charge in [0.05, 0.1) is 5.92 Å². The molecule has 0 bridgehead atoms.